The van der Waals surface area contributed by atoms with E-state index in [1.807, 2.05) is 0 Å². The molecule has 140 valence electrons. The van der Waals surface area contributed by atoms with Crippen LogP contribution in [0.25, 0.3) is 0 Å². The summed E-state index contributed by atoms with van der Waals surface area (Å²) in [5, 5.41) is 0. The van der Waals surface area contributed by atoms with E-state index in [9.17, 15) is 0 Å². The Balaban J connectivity index is 3.80. The van der Waals surface area contributed by atoms with Crippen molar-refractivity contribution in [2.75, 3.05) is 39.3 Å². The molecule has 0 fully saturated rings. The molecule has 1 aliphatic rings. The molecule has 0 aromatic rings. The van der Waals surface area contributed by atoms with Gasteiger partial charge in [0, 0.05) is 0 Å². The third kappa shape index (κ3) is 3.41. The second-order valence-corrected chi connectivity index (χ2v) is 21.5. The average Bonchev–Trinajstić information content (AvgIpc) is 3.08. The first-order valence-electron chi connectivity index (χ1n) is 10.1. The fourth-order valence-electron chi connectivity index (χ4n) is 4.90. The van der Waals surface area contributed by atoms with Gasteiger partial charge >= 0.3 is 158 Å². The van der Waals surface area contributed by atoms with Gasteiger partial charge in [0.15, 0.2) is 0 Å². The van der Waals surface area contributed by atoms with Crippen LogP contribution in [0.2, 0.25) is 3.17 Å². The molecule has 0 unspecified atom stereocenters. The third-order valence-corrected chi connectivity index (χ3v) is 29.8. The Morgan fingerprint density at radius 3 is 1.17 bits per heavy atom. The molecule has 0 aliphatic heterocycles. The van der Waals surface area contributed by atoms with Gasteiger partial charge in [0.05, 0.1) is 0 Å². The first-order valence-corrected chi connectivity index (χ1v) is 16.7. The van der Waals surface area contributed by atoms with Crippen LogP contribution in [0.5, 0.6) is 0 Å². The minimum absolute atomic E-state index is 0.219. The summed E-state index contributed by atoms with van der Waals surface area (Å²) in [5.41, 5.74) is 0. The first-order chi connectivity index (χ1) is 11.5. The van der Waals surface area contributed by atoms with Crippen molar-refractivity contribution in [3.8, 4) is 0 Å². The van der Waals surface area contributed by atoms with E-state index in [4.69, 9.17) is 0 Å². The third-order valence-electron chi connectivity index (χ3n) is 6.00. The average molecular weight is 502 g/mol. The predicted molar refractivity (Wildman–Crippen MR) is 105 cm³/mol. The fraction of sp³-hybridized carbons (Fsp3) is 0.800. The van der Waals surface area contributed by atoms with Crippen molar-refractivity contribution in [2.24, 2.45) is 5.92 Å². The number of hydrogen-bond donors (Lipinski definition) is 0. The van der Waals surface area contributed by atoms with Crippen molar-refractivity contribution >= 4 is 0 Å². The Kier molecular flexibility index (Phi) is 9.09. The van der Waals surface area contributed by atoms with Crippen LogP contribution in [0.15, 0.2) is 24.3 Å². The first kappa shape index (κ1) is 22.3. The molecule has 0 N–H and O–H groups in total. The van der Waals surface area contributed by atoms with Gasteiger partial charge in [-0.15, -0.1) is 0 Å². The van der Waals surface area contributed by atoms with Crippen LogP contribution in [-0.2, 0) is 20.8 Å². The molecular formula is C20H41HfN3. The predicted octanol–water partition coefficient (Wildman–Crippen LogP) is 4.85. The Morgan fingerprint density at radius 2 is 0.958 bits per heavy atom. The number of nitrogens with zero attached hydrogens (tertiary/aromatic N) is 3. The molecule has 0 saturated heterocycles. The summed E-state index contributed by atoms with van der Waals surface area (Å²) in [4.78, 5) is 0. The Bertz CT molecular complexity index is 375. The van der Waals surface area contributed by atoms with E-state index in [1.165, 1.54) is 0 Å². The van der Waals surface area contributed by atoms with Gasteiger partial charge in [0.2, 0.25) is 0 Å². The van der Waals surface area contributed by atoms with Crippen LogP contribution in [0, 0.1) is 5.92 Å². The van der Waals surface area contributed by atoms with Crippen molar-refractivity contribution in [1.29, 1.82) is 0 Å². The van der Waals surface area contributed by atoms with Crippen molar-refractivity contribution < 1.29 is 20.8 Å². The van der Waals surface area contributed by atoms with Crippen LogP contribution < -0.4 is 0 Å². The van der Waals surface area contributed by atoms with Gasteiger partial charge in [-0.25, -0.2) is 0 Å². The van der Waals surface area contributed by atoms with E-state index in [0.29, 0.717) is 5.92 Å². The van der Waals surface area contributed by atoms with Crippen molar-refractivity contribution in [3.05, 3.63) is 24.3 Å². The van der Waals surface area contributed by atoms with Crippen molar-refractivity contribution in [2.45, 2.75) is 58.6 Å². The van der Waals surface area contributed by atoms with Crippen LogP contribution in [0.3, 0.4) is 0 Å². The second kappa shape index (κ2) is 9.80. The SMILES string of the molecule is CC[N](CC)[Hf]([N](CC)CC)([N](CC)CC)[C]1(C(C)C)C=CC=C1. The van der Waals surface area contributed by atoms with E-state index >= 15 is 0 Å². The monoisotopic (exact) mass is 503 g/mol. The van der Waals surface area contributed by atoms with Crippen LogP contribution in [0.4, 0.5) is 0 Å². The summed E-state index contributed by atoms with van der Waals surface area (Å²) in [5.74, 6) is 0.621. The topological polar surface area (TPSA) is 9.72 Å². The molecule has 0 radical (unpaired) electrons. The van der Waals surface area contributed by atoms with E-state index in [-0.39, 0.29) is 3.17 Å². The van der Waals surface area contributed by atoms with E-state index in [1.54, 1.807) is 0 Å². The molecule has 0 saturated carbocycles. The molecule has 4 heteroatoms. The van der Waals surface area contributed by atoms with Gasteiger partial charge in [-0.05, 0) is 0 Å². The van der Waals surface area contributed by atoms with E-state index in [0.717, 1.165) is 39.3 Å². The molecule has 0 aromatic carbocycles. The zero-order valence-corrected chi connectivity index (χ0v) is 21.1. The van der Waals surface area contributed by atoms with Crippen molar-refractivity contribution in [1.82, 2.24) is 8.66 Å². The van der Waals surface area contributed by atoms with Gasteiger partial charge in [-0.1, -0.05) is 0 Å². The molecule has 0 bridgehead atoms. The minimum atomic E-state index is -3.35. The molecule has 0 aromatic heterocycles. The molecule has 0 spiro atoms. The van der Waals surface area contributed by atoms with Gasteiger partial charge in [-0.2, -0.15) is 0 Å². The molecule has 0 atom stereocenters. The zero-order chi connectivity index (χ0) is 18.4. The number of allylic oxidation sites excluding steroid dienone is 4. The molecule has 0 amide bonds. The normalized spacial score (nSPS) is 17.2. The van der Waals surface area contributed by atoms with E-state index < -0.39 is 20.8 Å². The maximum atomic E-state index is 2.91. The summed E-state index contributed by atoms with van der Waals surface area (Å²) in [6.07, 6.45) is 9.75. The summed E-state index contributed by atoms with van der Waals surface area (Å²) in [7, 11) is 0. The number of hydrogen-bond acceptors (Lipinski definition) is 3. The molecule has 3 nitrogen and oxygen atoms in total. The Hall–Kier alpha value is 0.230. The van der Waals surface area contributed by atoms with Crippen LogP contribution in [-0.4, -0.2) is 47.9 Å². The number of rotatable bonds is 11. The summed E-state index contributed by atoms with van der Waals surface area (Å²) in [6, 6.07) is 0. The van der Waals surface area contributed by atoms with Gasteiger partial charge in [0.1, 0.15) is 0 Å². The standard InChI is InChI=1S/C8H11.3C4H10N.Hf/c1-7(2)8-5-3-4-6-8;3*1-3-5-4-2;/h3-7H,1-2H3;3*3-4H2,1-2H3;/q;3*-1;+3. The van der Waals surface area contributed by atoms with Gasteiger partial charge in [-0.3, -0.25) is 0 Å². The fourth-order valence-corrected chi connectivity index (χ4v) is 29.7. The van der Waals surface area contributed by atoms with E-state index in [2.05, 4.69) is 88.4 Å². The van der Waals surface area contributed by atoms with Crippen LogP contribution >= 0.6 is 0 Å². The van der Waals surface area contributed by atoms with Crippen LogP contribution in [0.1, 0.15) is 55.4 Å². The molecule has 0 heterocycles. The zero-order valence-electron chi connectivity index (χ0n) is 17.5. The summed E-state index contributed by atoms with van der Waals surface area (Å²) >= 11 is -3.35. The second-order valence-electron chi connectivity index (χ2n) is 6.96. The summed E-state index contributed by atoms with van der Waals surface area (Å²) < 4.78 is 8.95. The Labute approximate surface area is 157 Å². The Morgan fingerprint density at radius 1 is 0.667 bits per heavy atom. The molecule has 1 aliphatic carbocycles. The summed E-state index contributed by atoms with van der Waals surface area (Å²) in [6.45, 7) is 26.0. The van der Waals surface area contributed by atoms with Gasteiger partial charge in [0.25, 0.3) is 0 Å². The maximum absolute atomic E-state index is 3.35. The van der Waals surface area contributed by atoms with Crippen molar-refractivity contribution in [3.63, 3.8) is 0 Å². The molecular weight excluding hydrogens is 461 g/mol. The van der Waals surface area contributed by atoms with Gasteiger partial charge < -0.3 is 0 Å². The quantitative estimate of drug-likeness (QED) is 0.375. The molecule has 24 heavy (non-hydrogen) atoms. The molecule has 1 rings (SSSR count).